The van der Waals surface area contributed by atoms with E-state index in [1.54, 1.807) is 11.8 Å². The fraction of sp³-hybridized carbons (Fsp3) is 0.467. The van der Waals surface area contributed by atoms with Crippen LogP contribution in [0.25, 0.3) is 0 Å². The van der Waals surface area contributed by atoms with Gasteiger partial charge >= 0.3 is 0 Å². The van der Waals surface area contributed by atoms with Crippen LogP contribution in [0.15, 0.2) is 18.2 Å². The minimum Gasteiger partial charge on any atom is -0.508 e. The third-order valence-electron chi connectivity index (χ3n) is 3.65. The number of halogens is 1. The Labute approximate surface area is 133 Å². The molecule has 1 aromatic rings. The van der Waals surface area contributed by atoms with Crippen molar-refractivity contribution in [2.45, 2.75) is 31.2 Å². The second kappa shape index (κ2) is 6.87. The van der Waals surface area contributed by atoms with E-state index in [4.69, 9.17) is 11.6 Å². The summed E-state index contributed by atoms with van der Waals surface area (Å²) in [5.74, 6) is -0.783. The van der Waals surface area contributed by atoms with Crippen molar-refractivity contribution in [1.82, 2.24) is 10.2 Å². The fourth-order valence-electron chi connectivity index (χ4n) is 2.49. The van der Waals surface area contributed by atoms with Gasteiger partial charge in [-0.2, -0.15) is 0 Å². The number of likely N-dealkylation sites (tertiary alicyclic amines) is 1. The molecular weight excluding hydrogens is 308 g/mol. The smallest absolute Gasteiger partial charge is 0.251 e. The number of nitrogens with zero attached hydrogens (tertiary/aromatic N) is 1. The predicted molar refractivity (Wildman–Crippen MR) is 82.2 cm³/mol. The van der Waals surface area contributed by atoms with Crippen LogP contribution in [0.4, 0.5) is 0 Å². The van der Waals surface area contributed by atoms with Gasteiger partial charge in [0.2, 0.25) is 5.91 Å². The van der Waals surface area contributed by atoms with Gasteiger partial charge in [-0.25, -0.2) is 0 Å². The topological polar surface area (TPSA) is 89.9 Å². The van der Waals surface area contributed by atoms with E-state index in [2.05, 4.69) is 5.32 Å². The highest BCUT2D eigenvalue weighted by Crippen LogP contribution is 2.21. The minimum absolute atomic E-state index is 0.0494. The van der Waals surface area contributed by atoms with Gasteiger partial charge in [-0.1, -0.05) is 0 Å². The van der Waals surface area contributed by atoms with Crippen LogP contribution in [0.5, 0.6) is 11.5 Å². The molecule has 3 N–H and O–H groups in total. The van der Waals surface area contributed by atoms with Crippen LogP contribution in [0.1, 0.15) is 30.1 Å². The third-order valence-corrected chi connectivity index (χ3v) is 3.83. The monoisotopic (exact) mass is 326 g/mol. The molecule has 1 fully saturated rings. The van der Waals surface area contributed by atoms with Crippen LogP contribution in [-0.4, -0.2) is 51.4 Å². The van der Waals surface area contributed by atoms with E-state index in [1.165, 1.54) is 12.1 Å². The maximum absolute atomic E-state index is 12.1. The number of alkyl halides is 1. The molecule has 1 unspecified atom stereocenters. The summed E-state index contributed by atoms with van der Waals surface area (Å²) in [6.07, 6.45) is 1.29. The van der Waals surface area contributed by atoms with Crippen LogP contribution >= 0.6 is 11.6 Å². The highest BCUT2D eigenvalue weighted by Gasteiger charge is 2.26. The molecule has 7 heteroatoms. The van der Waals surface area contributed by atoms with Gasteiger partial charge in [-0.3, -0.25) is 9.59 Å². The van der Waals surface area contributed by atoms with Crippen LogP contribution in [0.2, 0.25) is 0 Å². The minimum atomic E-state index is -0.540. The van der Waals surface area contributed by atoms with Gasteiger partial charge in [-0.15, -0.1) is 11.6 Å². The zero-order valence-electron chi connectivity index (χ0n) is 12.3. The average Bonchev–Trinajstić information content (AvgIpc) is 2.46. The Morgan fingerprint density at radius 1 is 1.23 bits per heavy atom. The van der Waals surface area contributed by atoms with E-state index >= 15 is 0 Å². The van der Waals surface area contributed by atoms with Crippen molar-refractivity contribution in [3.63, 3.8) is 0 Å². The Bertz CT molecular complexity index is 548. The number of rotatable bonds is 3. The molecule has 0 aliphatic carbocycles. The Morgan fingerprint density at radius 3 is 2.27 bits per heavy atom. The summed E-state index contributed by atoms with van der Waals surface area (Å²) in [6.45, 7) is 2.74. The molecule has 1 heterocycles. The Kier molecular flexibility index (Phi) is 5.13. The van der Waals surface area contributed by atoms with E-state index in [0.717, 1.165) is 6.07 Å². The number of carbonyl (C=O) groups is 2. The number of phenols is 2. The molecule has 120 valence electrons. The van der Waals surface area contributed by atoms with Gasteiger partial charge in [0.15, 0.2) is 0 Å². The maximum atomic E-state index is 12.1. The van der Waals surface area contributed by atoms with E-state index in [1.807, 2.05) is 0 Å². The number of aromatic hydroxyl groups is 2. The molecule has 1 aromatic carbocycles. The average molecular weight is 327 g/mol. The largest absolute Gasteiger partial charge is 0.508 e. The lowest BCUT2D eigenvalue weighted by molar-refractivity contribution is -0.131. The Hall–Kier alpha value is -1.95. The van der Waals surface area contributed by atoms with Crippen LogP contribution < -0.4 is 5.32 Å². The first-order valence-electron chi connectivity index (χ1n) is 7.13. The van der Waals surface area contributed by atoms with Gasteiger partial charge in [0.05, 0.1) is 0 Å². The van der Waals surface area contributed by atoms with Crippen LogP contribution in [0.3, 0.4) is 0 Å². The molecule has 0 saturated carbocycles. The SMILES string of the molecule is CC(Cl)C(=O)N1CCC(NC(=O)c2cc(O)cc(O)c2)CC1. The summed E-state index contributed by atoms with van der Waals surface area (Å²) in [6, 6.07) is 3.70. The summed E-state index contributed by atoms with van der Waals surface area (Å²) in [5, 5.41) is 21.1. The van der Waals surface area contributed by atoms with Crippen molar-refractivity contribution in [3.8, 4) is 11.5 Å². The van der Waals surface area contributed by atoms with Crippen molar-refractivity contribution < 1.29 is 19.8 Å². The number of piperidine rings is 1. The summed E-state index contributed by atoms with van der Waals surface area (Å²) in [7, 11) is 0. The first-order chi connectivity index (χ1) is 10.4. The zero-order chi connectivity index (χ0) is 16.3. The number of carbonyl (C=O) groups excluding carboxylic acids is 2. The van der Waals surface area contributed by atoms with Gasteiger partial charge < -0.3 is 20.4 Å². The molecule has 22 heavy (non-hydrogen) atoms. The zero-order valence-corrected chi connectivity index (χ0v) is 13.0. The molecule has 6 nitrogen and oxygen atoms in total. The normalized spacial score (nSPS) is 17.1. The van der Waals surface area contributed by atoms with Crippen molar-refractivity contribution in [1.29, 1.82) is 0 Å². The molecule has 0 bridgehead atoms. The molecule has 2 amide bonds. The quantitative estimate of drug-likeness (QED) is 0.733. The van der Waals surface area contributed by atoms with E-state index < -0.39 is 5.38 Å². The van der Waals surface area contributed by atoms with Crippen molar-refractivity contribution in [2.24, 2.45) is 0 Å². The lowest BCUT2D eigenvalue weighted by atomic mass is 10.0. The number of amides is 2. The maximum Gasteiger partial charge on any atom is 0.251 e. The van der Waals surface area contributed by atoms with Crippen molar-refractivity contribution >= 4 is 23.4 Å². The lowest BCUT2D eigenvalue weighted by Crippen LogP contribution is -2.48. The lowest BCUT2D eigenvalue weighted by Gasteiger charge is -2.33. The fourth-order valence-corrected chi connectivity index (χ4v) is 2.63. The van der Waals surface area contributed by atoms with Gasteiger partial charge in [-0.05, 0) is 31.9 Å². The highest BCUT2D eigenvalue weighted by molar-refractivity contribution is 6.30. The van der Waals surface area contributed by atoms with Crippen molar-refractivity contribution in [2.75, 3.05) is 13.1 Å². The molecule has 0 radical (unpaired) electrons. The summed E-state index contributed by atoms with van der Waals surface area (Å²) in [5.41, 5.74) is 0.199. The molecular formula is C15H19ClN2O4. The molecule has 1 aliphatic rings. The van der Waals surface area contributed by atoms with Crippen molar-refractivity contribution in [3.05, 3.63) is 23.8 Å². The van der Waals surface area contributed by atoms with Gasteiger partial charge in [0.25, 0.3) is 5.91 Å². The summed E-state index contributed by atoms with van der Waals surface area (Å²) in [4.78, 5) is 25.6. The molecule has 1 atom stereocenters. The van der Waals surface area contributed by atoms with E-state index in [-0.39, 0.29) is 34.9 Å². The van der Waals surface area contributed by atoms with Crippen LogP contribution in [0, 0.1) is 0 Å². The van der Waals surface area contributed by atoms with Crippen LogP contribution in [-0.2, 0) is 4.79 Å². The number of benzene rings is 1. The first kappa shape index (κ1) is 16.4. The Balaban J connectivity index is 1.90. The second-order valence-corrected chi connectivity index (χ2v) is 6.08. The number of hydrogen-bond acceptors (Lipinski definition) is 4. The first-order valence-corrected chi connectivity index (χ1v) is 7.57. The van der Waals surface area contributed by atoms with Gasteiger partial charge in [0.1, 0.15) is 16.9 Å². The second-order valence-electron chi connectivity index (χ2n) is 5.43. The standard InChI is InChI=1S/C15H19ClN2O4/c1-9(16)15(22)18-4-2-11(3-5-18)17-14(21)10-6-12(19)8-13(20)7-10/h6-9,11,19-20H,2-5H2,1H3,(H,17,21). The van der Waals surface area contributed by atoms with E-state index in [0.29, 0.717) is 25.9 Å². The molecule has 0 aromatic heterocycles. The Morgan fingerprint density at radius 2 is 1.77 bits per heavy atom. The number of nitrogens with one attached hydrogen (secondary N) is 1. The molecule has 0 spiro atoms. The summed E-state index contributed by atoms with van der Waals surface area (Å²) >= 11 is 5.78. The predicted octanol–water partition coefficient (Wildman–Crippen LogP) is 1.45. The molecule has 1 aliphatic heterocycles. The van der Waals surface area contributed by atoms with Gasteiger partial charge in [0, 0.05) is 30.8 Å². The third kappa shape index (κ3) is 4.04. The number of hydrogen-bond donors (Lipinski definition) is 3. The molecule has 1 saturated heterocycles. The highest BCUT2D eigenvalue weighted by atomic mass is 35.5. The summed E-state index contributed by atoms with van der Waals surface area (Å²) < 4.78 is 0. The number of phenolic OH excluding ortho intramolecular Hbond substituents is 2. The van der Waals surface area contributed by atoms with E-state index in [9.17, 15) is 19.8 Å². The molecule has 2 rings (SSSR count).